The zero-order valence-corrected chi connectivity index (χ0v) is 16.4. The van der Waals surface area contributed by atoms with Gasteiger partial charge in [0.1, 0.15) is 0 Å². The summed E-state index contributed by atoms with van der Waals surface area (Å²) in [4.78, 5) is 13.6. The molecule has 2 aromatic rings. The summed E-state index contributed by atoms with van der Waals surface area (Å²) in [6, 6.07) is 8.29. The van der Waals surface area contributed by atoms with Gasteiger partial charge in [-0.3, -0.25) is 0 Å². The summed E-state index contributed by atoms with van der Waals surface area (Å²) in [7, 11) is 0. The smallest absolute Gasteiger partial charge is 0.253 e. The van der Waals surface area contributed by atoms with Crippen molar-refractivity contribution in [3.8, 4) is 0 Å². The predicted octanol–water partition coefficient (Wildman–Crippen LogP) is 4.54. The second kappa shape index (κ2) is 8.38. The number of hydrogen-bond acceptors (Lipinski definition) is 3. The summed E-state index contributed by atoms with van der Waals surface area (Å²) < 4.78 is 0. The van der Waals surface area contributed by atoms with Gasteiger partial charge in [-0.2, -0.15) is 4.99 Å². The largest absolute Gasteiger partial charge is 0.369 e. The third-order valence-electron chi connectivity index (χ3n) is 5.28. The van der Waals surface area contributed by atoms with Crippen LogP contribution in [0.2, 0.25) is 0 Å². The number of rotatable bonds is 4. The molecule has 3 N–H and O–H groups in total. The Kier molecular flexibility index (Phi) is 5.51. The third kappa shape index (κ3) is 4.47. The molecular weight excluding hydrogens is 346 g/mol. The van der Waals surface area contributed by atoms with E-state index in [1.807, 2.05) is 19.1 Å². The molecule has 1 aromatic carbocycles. The summed E-state index contributed by atoms with van der Waals surface area (Å²) in [5.41, 5.74) is 13.1. The summed E-state index contributed by atoms with van der Waals surface area (Å²) in [5, 5.41) is 3.18. The van der Waals surface area contributed by atoms with E-state index in [2.05, 4.69) is 50.6 Å². The fourth-order valence-electron chi connectivity index (χ4n) is 3.89. The number of aromatic nitrogens is 2. The molecule has 0 unspecified atom stereocenters. The first-order chi connectivity index (χ1) is 13.7. The Labute approximate surface area is 166 Å². The zero-order valence-electron chi connectivity index (χ0n) is 16.4. The van der Waals surface area contributed by atoms with Gasteiger partial charge in [-0.15, -0.1) is 0 Å². The van der Waals surface area contributed by atoms with Gasteiger partial charge in [0.25, 0.3) is 5.95 Å². The van der Waals surface area contributed by atoms with E-state index >= 15 is 0 Å². The molecular formula is C23H27N5. The van der Waals surface area contributed by atoms with Crippen LogP contribution in [0.3, 0.4) is 0 Å². The average Bonchev–Trinajstić information content (AvgIpc) is 2.69. The van der Waals surface area contributed by atoms with E-state index in [4.69, 9.17) is 5.73 Å². The van der Waals surface area contributed by atoms with Crippen molar-refractivity contribution in [1.29, 1.82) is 0 Å². The second-order valence-electron chi connectivity index (χ2n) is 7.50. The quantitative estimate of drug-likeness (QED) is 0.609. The number of anilines is 1. The molecule has 2 aliphatic rings. The molecule has 0 atom stereocenters. The highest BCUT2D eigenvalue weighted by atomic mass is 15.2. The lowest BCUT2D eigenvalue weighted by Crippen LogP contribution is -2.22. The van der Waals surface area contributed by atoms with Crippen molar-refractivity contribution in [1.82, 2.24) is 9.97 Å². The number of allylic oxidation sites excluding steroid dienone is 4. The minimum Gasteiger partial charge on any atom is -0.369 e. The van der Waals surface area contributed by atoms with Gasteiger partial charge in [0.15, 0.2) is 0 Å². The minimum atomic E-state index is 0.309. The zero-order chi connectivity index (χ0) is 19.3. The number of fused-ring (bicyclic) bond motifs is 1. The van der Waals surface area contributed by atoms with E-state index in [1.54, 1.807) is 0 Å². The molecule has 0 spiro atoms. The predicted molar refractivity (Wildman–Crippen MR) is 115 cm³/mol. The maximum atomic E-state index is 6.13. The van der Waals surface area contributed by atoms with Gasteiger partial charge in [-0.25, -0.2) is 9.97 Å². The van der Waals surface area contributed by atoms with Gasteiger partial charge in [0.2, 0.25) is 5.96 Å². The van der Waals surface area contributed by atoms with Gasteiger partial charge in [0, 0.05) is 17.1 Å². The summed E-state index contributed by atoms with van der Waals surface area (Å²) in [6.45, 7) is 2.03. The number of aliphatic imine (C=N–C) groups is 1. The van der Waals surface area contributed by atoms with Crippen LogP contribution in [-0.4, -0.2) is 15.9 Å². The Morgan fingerprint density at radius 1 is 1.18 bits per heavy atom. The standard InChI is InChI=1S/C23H27N5/c1-16-20-12-5-6-13-21(20)27-23(25-16)28-22(24)26-19-11-7-10-18(15-19)14-17-8-3-2-4-9-17/h3,7-11,15H,2,4-6,12-14H2,1H3,(H3,24,25,26,27,28). The molecule has 28 heavy (non-hydrogen) atoms. The topological polar surface area (TPSA) is 76.2 Å². The lowest BCUT2D eigenvalue weighted by molar-refractivity contribution is 0.657. The Bertz CT molecular complexity index is 955. The molecule has 144 valence electrons. The fraction of sp³-hybridized carbons (Fsp3) is 0.348. The first-order valence-corrected chi connectivity index (χ1v) is 10.1. The summed E-state index contributed by atoms with van der Waals surface area (Å²) in [6.07, 6.45) is 14.4. The first-order valence-electron chi connectivity index (χ1n) is 10.1. The average molecular weight is 374 g/mol. The number of nitrogens with one attached hydrogen (secondary N) is 1. The van der Waals surface area contributed by atoms with E-state index < -0.39 is 0 Å². The van der Waals surface area contributed by atoms with Gasteiger partial charge in [-0.05, 0) is 80.7 Å². The molecule has 0 saturated heterocycles. The number of hydrogen-bond donors (Lipinski definition) is 2. The van der Waals surface area contributed by atoms with Crippen LogP contribution in [-0.2, 0) is 19.3 Å². The van der Waals surface area contributed by atoms with Crippen LogP contribution in [0.25, 0.3) is 0 Å². The maximum absolute atomic E-state index is 6.13. The molecule has 1 aromatic heterocycles. The van der Waals surface area contributed by atoms with E-state index in [0.29, 0.717) is 11.9 Å². The minimum absolute atomic E-state index is 0.309. The van der Waals surface area contributed by atoms with Crippen molar-refractivity contribution in [2.45, 2.75) is 51.9 Å². The van der Waals surface area contributed by atoms with Crippen molar-refractivity contribution in [2.24, 2.45) is 10.7 Å². The van der Waals surface area contributed by atoms with Crippen molar-refractivity contribution in [3.05, 3.63) is 70.6 Å². The van der Waals surface area contributed by atoms with Crippen LogP contribution in [0.4, 0.5) is 11.6 Å². The van der Waals surface area contributed by atoms with Gasteiger partial charge in [-0.1, -0.05) is 30.4 Å². The number of nitrogens with two attached hydrogens (primary N) is 1. The van der Waals surface area contributed by atoms with Crippen LogP contribution in [0.15, 0.2) is 53.1 Å². The van der Waals surface area contributed by atoms with Crippen molar-refractivity contribution >= 4 is 17.6 Å². The Balaban J connectivity index is 1.48. The van der Waals surface area contributed by atoms with Crippen LogP contribution in [0.1, 0.15) is 48.2 Å². The lowest BCUT2D eigenvalue weighted by atomic mass is 9.95. The van der Waals surface area contributed by atoms with Crippen LogP contribution in [0, 0.1) is 6.92 Å². The van der Waals surface area contributed by atoms with Gasteiger partial charge in [0.05, 0.1) is 0 Å². The third-order valence-corrected chi connectivity index (χ3v) is 5.28. The van der Waals surface area contributed by atoms with Crippen molar-refractivity contribution in [2.75, 3.05) is 5.32 Å². The number of guanidine groups is 1. The van der Waals surface area contributed by atoms with E-state index in [0.717, 1.165) is 49.2 Å². The van der Waals surface area contributed by atoms with Crippen LogP contribution in [0.5, 0.6) is 0 Å². The summed E-state index contributed by atoms with van der Waals surface area (Å²) >= 11 is 0. The molecule has 0 fully saturated rings. The number of aryl methyl sites for hydroxylation is 2. The maximum Gasteiger partial charge on any atom is 0.253 e. The normalized spacial score (nSPS) is 16.5. The molecule has 4 rings (SSSR count). The SMILES string of the molecule is Cc1nc(/N=C(\N)Nc2cccc(CC3=CCCC=C3)c2)nc2c1CCCC2. The van der Waals surface area contributed by atoms with Crippen molar-refractivity contribution < 1.29 is 0 Å². The molecule has 5 nitrogen and oxygen atoms in total. The van der Waals surface area contributed by atoms with E-state index in [9.17, 15) is 0 Å². The Morgan fingerprint density at radius 2 is 2.07 bits per heavy atom. The van der Waals surface area contributed by atoms with Gasteiger partial charge >= 0.3 is 0 Å². The molecule has 2 aliphatic carbocycles. The molecule has 0 amide bonds. The molecule has 0 bridgehead atoms. The lowest BCUT2D eigenvalue weighted by Gasteiger charge is -2.16. The fourth-order valence-corrected chi connectivity index (χ4v) is 3.89. The molecule has 0 saturated carbocycles. The monoisotopic (exact) mass is 373 g/mol. The number of nitrogens with zero attached hydrogens (tertiary/aromatic N) is 3. The van der Waals surface area contributed by atoms with E-state index in [-0.39, 0.29) is 0 Å². The van der Waals surface area contributed by atoms with E-state index in [1.165, 1.54) is 29.5 Å². The summed E-state index contributed by atoms with van der Waals surface area (Å²) in [5.74, 6) is 0.751. The highest BCUT2D eigenvalue weighted by Crippen LogP contribution is 2.24. The molecule has 0 aliphatic heterocycles. The first kappa shape index (κ1) is 18.4. The molecule has 5 heteroatoms. The molecule has 0 radical (unpaired) electrons. The second-order valence-corrected chi connectivity index (χ2v) is 7.50. The Morgan fingerprint density at radius 3 is 2.93 bits per heavy atom. The van der Waals surface area contributed by atoms with Crippen LogP contribution >= 0.6 is 0 Å². The van der Waals surface area contributed by atoms with Crippen LogP contribution < -0.4 is 11.1 Å². The Hall–Kier alpha value is -2.95. The number of benzene rings is 1. The highest BCUT2D eigenvalue weighted by molar-refractivity contribution is 5.93. The molecule has 1 heterocycles. The van der Waals surface area contributed by atoms with Crippen molar-refractivity contribution in [3.63, 3.8) is 0 Å². The van der Waals surface area contributed by atoms with Gasteiger partial charge < -0.3 is 11.1 Å². The highest BCUT2D eigenvalue weighted by Gasteiger charge is 2.15.